The van der Waals surface area contributed by atoms with Gasteiger partial charge in [0.15, 0.2) is 0 Å². The van der Waals surface area contributed by atoms with Gasteiger partial charge in [-0.1, -0.05) is 55.4 Å². The predicted octanol–water partition coefficient (Wildman–Crippen LogP) is 9.55. The van der Waals surface area contributed by atoms with Gasteiger partial charge in [0.25, 0.3) is 0 Å². The molecule has 0 aliphatic heterocycles. The molecule has 0 aromatic heterocycles. The number of rotatable bonds is 12. The van der Waals surface area contributed by atoms with Crippen molar-refractivity contribution >= 4 is 11.8 Å². The van der Waals surface area contributed by atoms with Crippen molar-refractivity contribution in [3.63, 3.8) is 0 Å². The van der Waals surface area contributed by atoms with Crippen LogP contribution in [0.25, 0.3) is 0 Å². The van der Waals surface area contributed by atoms with E-state index in [0.717, 1.165) is 42.5 Å². The Labute approximate surface area is 250 Å². The van der Waals surface area contributed by atoms with Crippen LogP contribution < -0.4 is 0 Å². The number of aliphatic imine (C=N–C) groups is 1. The largest absolute Gasteiger partial charge is 0.444 e. The topological polar surface area (TPSA) is 65.7 Å². The third-order valence-corrected chi connectivity index (χ3v) is 7.86. The number of ether oxygens (including phenoxy) is 1. The second-order valence-electron chi connectivity index (χ2n) is 13.5. The molecule has 2 aliphatic rings. The quantitative estimate of drug-likeness (QED) is 0.135. The van der Waals surface area contributed by atoms with Crippen LogP contribution in [-0.2, 0) is 4.74 Å². The van der Waals surface area contributed by atoms with Crippen molar-refractivity contribution in [3.8, 4) is 6.07 Å². The molecule has 1 amide bonds. The van der Waals surface area contributed by atoms with Crippen molar-refractivity contribution in [2.75, 3.05) is 20.1 Å². The highest BCUT2D eigenvalue weighted by Crippen LogP contribution is 2.44. The van der Waals surface area contributed by atoms with Crippen LogP contribution in [0.1, 0.15) is 107 Å². The minimum atomic E-state index is -0.531. The molecule has 0 radical (unpaired) electrons. The zero-order valence-electron chi connectivity index (χ0n) is 27.5. The Morgan fingerprint density at radius 1 is 1.20 bits per heavy atom. The Balaban J connectivity index is 2.41. The maximum Gasteiger partial charge on any atom is 0.410 e. The van der Waals surface area contributed by atoms with E-state index >= 15 is 0 Å². The van der Waals surface area contributed by atoms with Crippen LogP contribution in [0, 0.1) is 29.1 Å². The van der Waals surface area contributed by atoms with Gasteiger partial charge in [0.2, 0.25) is 0 Å². The summed E-state index contributed by atoms with van der Waals surface area (Å²) in [4.78, 5) is 19.4. The first-order chi connectivity index (χ1) is 19.2. The molecule has 2 aliphatic carbocycles. The van der Waals surface area contributed by atoms with Gasteiger partial charge in [0, 0.05) is 31.4 Å². The average Bonchev–Trinajstić information content (AvgIpc) is 3.73. The number of carbonyl (C=O) groups excluding carboxylic acids is 1. The van der Waals surface area contributed by atoms with Gasteiger partial charge in [-0.3, -0.25) is 4.99 Å². The summed E-state index contributed by atoms with van der Waals surface area (Å²) in [7, 11) is 1.86. The van der Waals surface area contributed by atoms with Crippen molar-refractivity contribution in [2.45, 2.75) is 112 Å². The normalized spacial score (nSPS) is 20.3. The molecule has 5 nitrogen and oxygen atoms in total. The first-order valence-corrected chi connectivity index (χ1v) is 15.4. The number of nitriles is 1. The first-order valence-electron chi connectivity index (χ1n) is 15.4. The molecule has 0 aromatic rings. The fourth-order valence-corrected chi connectivity index (χ4v) is 5.48. The van der Waals surface area contributed by atoms with Crippen LogP contribution in [0.2, 0.25) is 0 Å². The SMILES string of the molecule is C=C(CCN(CC(C)C)C(=O)OC(C)(C)C)C\C(C(=C)C)=C(C(C)=NC)/C(=C\C(C)=C1\CCC[C@@H](C#N)C1)C1CC1. The summed E-state index contributed by atoms with van der Waals surface area (Å²) in [6.07, 6.45) is 9.91. The number of hydrogen-bond acceptors (Lipinski definition) is 4. The van der Waals surface area contributed by atoms with Gasteiger partial charge in [0.1, 0.15) is 5.60 Å². The van der Waals surface area contributed by atoms with Crippen LogP contribution in [0.5, 0.6) is 0 Å². The van der Waals surface area contributed by atoms with E-state index in [2.05, 4.69) is 64.9 Å². The van der Waals surface area contributed by atoms with Gasteiger partial charge in [-0.15, -0.1) is 0 Å². The Morgan fingerprint density at radius 3 is 2.37 bits per heavy atom. The zero-order chi connectivity index (χ0) is 30.9. The molecule has 0 unspecified atom stereocenters. The van der Waals surface area contributed by atoms with Crippen LogP contribution >= 0.6 is 0 Å². The number of amides is 1. The summed E-state index contributed by atoms with van der Waals surface area (Å²) in [6.45, 7) is 26.4. The summed E-state index contributed by atoms with van der Waals surface area (Å²) in [5.74, 6) is 0.988. The van der Waals surface area contributed by atoms with Crippen molar-refractivity contribution < 1.29 is 9.53 Å². The van der Waals surface area contributed by atoms with Crippen molar-refractivity contribution in [3.05, 3.63) is 58.2 Å². The molecule has 41 heavy (non-hydrogen) atoms. The predicted molar refractivity (Wildman–Crippen MR) is 173 cm³/mol. The molecular weight excluding hydrogens is 506 g/mol. The van der Waals surface area contributed by atoms with Crippen LogP contribution in [0.4, 0.5) is 4.79 Å². The van der Waals surface area contributed by atoms with E-state index in [9.17, 15) is 10.1 Å². The molecular formula is C36H55N3O2. The van der Waals surface area contributed by atoms with E-state index in [-0.39, 0.29) is 12.0 Å². The molecule has 0 bridgehead atoms. The monoisotopic (exact) mass is 561 g/mol. The van der Waals surface area contributed by atoms with Gasteiger partial charge in [0.05, 0.1) is 12.0 Å². The fourth-order valence-electron chi connectivity index (χ4n) is 5.48. The molecule has 5 heteroatoms. The van der Waals surface area contributed by atoms with E-state index in [1.54, 1.807) is 0 Å². The molecule has 2 fully saturated rings. The maximum absolute atomic E-state index is 12.9. The van der Waals surface area contributed by atoms with Gasteiger partial charge < -0.3 is 9.64 Å². The van der Waals surface area contributed by atoms with Crippen LogP contribution in [-0.4, -0.2) is 42.4 Å². The Hall–Kier alpha value is -2.87. The summed E-state index contributed by atoms with van der Waals surface area (Å²) < 4.78 is 5.69. The second-order valence-corrected chi connectivity index (χ2v) is 13.5. The van der Waals surface area contributed by atoms with Crippen molar-refractivity contribution in [1.29, 1.82) is 5.26 Å². The van der Waals surface area contributed by atoms with E-state index in [4.69, 9.17) is 4.74 Å². The van der Waals surface area contributed by atoms with E-state index < -0.39 is 5.60 Å². The van der Waals surface area contributed by atoms with Crippen molar-refractivity contribution in [1.82, 2.24) is 4.90 Å². The lowest BCUT2D eigenvalue weighted by molar-refractivity contribution is 0.0230. The lowest BCUT2D eigenvalue weighted by atomic mass is 9.82. The summed E-state index contributed by atoms with van der Waals surface area (Å²) in [5.41, 5.74) is 9.01. The minimum Gasteiger partial charge on any atom is -0.444 e. The van der Waals surface area contributed by atoms with Crippen molar-refractivity contribution in [2.24, 2.45) is 22.7 Å². The number of hydrogen-bond donors (Lipinski definition) is 0. The third-order valence-electron chi connectivity index (χ3n) is 7.86. The smallest absolute Gasteiger partial charge is 0.410 e. The lowest BCUT2D eigenvalue weighted by Gasteiger charge is -2.29. The number of allylic oxidation sites excluding steroid dienone is 7. The fraction of sp³-hybridized carbons (Fsp3) is 0.639. The molecule has 2 saturated carbocycles. The van der Waals surface area contributed by atoms with Gasteiger partial charge in [-0.2, -0.15) is 5.26 Å². The second kappa shape index (κ2) is 15.4. The van der Waals surface area contributed by atoms with Gasteiger partial charge in [-0.05, 0) is 116 Å². The Bertz CT molecular complexity index is 1150. The molecule has 1 atom stereocenters. The number of nitrogens with zero attached hydrogens (tertiary/aromatic N) is 3. The molecule has 0 aromatic carbocycles. The highest BCUT2D eigenvalue weighted by Gasteiger charge is 2.31. The average molecular weight is 562 g/mol. The zero-order valence-corrected chi connectivity index (χ0v) is 27.5. The minimum absolute atomic E-state index is 0.130. The first kappa shape index (κ1) is 34.3. The van der Waals surface area contributed by atoms with E-state index in [1.165, 1.54) is 40.7 Å². The number of carbonyl (C=O) groups is 1. The van der Waals surface area contributed by atoms with Gasteiger partial charge in [-0.25, -0.2) is 4.79 Å². The third kappa shape index (κ3) is 11.1. The summed E-state index contributed by atoms with van der Waals surface area (Å²) in [6, 6.07) is 2.49. The summed E-state index contributed by atoms with van der Waals surface area (Å²) in [5, 5.41) is 9.52. The molecule has 0 heterocycles. The molecule has 0 spiro atoms. The standard InChI is InChI=1S/C36H55N3O2/c1-24(2)23-39(35(40)41-36(8,9)10)18-17-26(5)19-32(25(3)4)34(28(7)38-11)33(30-15-16-30)20-27(6)31-14-12-13-29(21-31)22-37/h20,24,29-30H,3,5,12-19,21,23H2,1-2,4,6-11H3/b31-27-,33-20-,34-32+,38-28?/t29-/m1/s1. The Kier molecular flexibility index (Phi) is 12.9. The molecule has 2 rings (SSSR count). The van der Waals surface area contributed by atoms with E-state index in [1.807, 2.05) is 32.7 Å². The molecule has 226 valence electrons. The highest BCUT2D eigenvalue weighted by atomic mass is 16.6. The van der Waals surface area contributed by atoms with Crippen LogP contribution in [0.15, 0.2) is 63.2 Å². The summed E-state index contributed by atoms with van der Waals surface area (Å²) >= 11 is 0. The van der Waals surface area contributed by atoms with Crippen LogP contribution in [0.3, 0.4) is 0 Å². The maximum atomic E-state index is 12.9. The van der Waals surface area contributed by atoms with E-state index in [0.29, 0.717) is 37.8 Å². The Morgan fingerprint density at radius 2 is 1.85 bits per heavy atom. The lowest BCUT2D eigenvalue weighted by Crippen LogP contribution is -2.39. The molecule has 0 N–H and O–H groups in total. The molecule has 0 saturated heterocycles. The van der Waals surface area contributed by atoms with Gasteiger partial charge >= 0.3 is 6.09 Å². The highest BCUT2D eigenvalue weighted by molar-refractivity contribution is 6.03.